The normalized spacial score (nSPS) is 13.2. The molecule has 1 rings (SSSR count). The number of unbranched alkanes of at least 4 members (excludes halogenated alkanes) is 1. The maximum Gasteiger partial charge on any atom is 0.326 e. The van der Waals surface area contributed by atoms with Gasteiger partial charge in [-0.3, -0.25) is 4.79 Å². The molecular formula is C17H25NO5. The summed E-state index contributed by atoms with van der Waals surface area (Å²) in [5.74, 6) is -0.725. The molecule has 0 aliphatic carbocycles. The van der Waals surface area contributed by atoms with E-state index in [1.165, 1.54) is 0 Å². The van der Waals surface area contributed by atoms with Gasteiger partial charge in [0.15, 0.2) is 0 Å². The lowest BCUT2D eigenvalue weighted by Gasteiger charge is -2.18. The fourth-order valence-corrected chi connectivity index (χ4v) is 2.01. The van der Waals surface area contributed by atoms with Gasteiger partial charge >= 0.3 is 5.97 Å². The van der Waals surface area contributed by atoms with E-state index in [4.69, 9.17) is 14.6 Å². The molecule has 0 aliphatic heterocycles. The third-order valence-corrected chi connectivity index (χ3v) is 3.46. The Morgan fingerprint density at radius 3 is 2.70 bits per heavy atom. The largest absolute Gasteiger partial charge is 0.497 e. The highest BCUT2D eigenvalue weighted by Crippen LogP contribution is 2.14. The summed E-state index contributed by atoms with van der Waals surface area (Å²) >= 11 is 0. The molecule has 128 valence electrons. The second-order valence-corrected chi connectivity index (χ2v) is 5.35. The number of carboxylic acids is 1. The van der Waals surface area contributed by atoms with Crippen molar-refractivity contribution in [3.05, 3.63) is 29.8 Å². The second-order valence-electron chi connectivity index (χ2n) is 5.35. The lowest BCUT2D eigenvalue weighted by molar-refractivity contribution is -0.144. The Morgan fingerprint density at radius 1 is 1.35 bits per heavy atom. The van der Waals surface area contributed by atoms with Crippen molar-refractivity contribution >= 4 is 11.9 Å². The van der Waals surface area contributed by atoms with Crippen molar-refractivity contribution in [1.82, 2.24) is 5.32 Å². The highest BCUT2D eigenvalue weighted by molar-refractivity contribution is 5.86. The number of methoxy groups -OCH3 is 1. The predicted molar refractivity (Wildman–Crippen MR) is 86.3 cm³/mol. The van der Waals surface area contributed by atoms with Crippen molar-refractivity contribution in [2.45, 2.75) is 51.9 Å². The smallest absolute Gasteiger partial charge is 0.326 e. The molecule has 0 aromatic heterocycles. The fourth-order valence-electron chi connectivity index (χ4n) is 2.01. The van der Waals surface area contributed by atoms with E-state index >= 15 is 0 Å². The molecule has 0 aliphatic rings. The predicted octanol–water partition coefficient (Wildman–Crippen LogP) is 2.36. The molecule has 1 aromatic carbocycles. The molecule has 1 amide bonds. The van der Waals surface area contributed by atoms with Crippen molar-refractivity contribution in [3.8, 4) is 5.75 Å². The Hall–Kier alpha value is -2.08. The zero-order chi connectivity index (χ0) is 17.2. The summed E-state index contributed by atoms with van der Waals surface area (Å²) < 4.78 is 10.6. The van der Waals surface area contributed by atoms with Crippen molar-refractivity contribution in [1.29, 1.82) is 0 Å². The van der Waals surface area contributed by atoms with E-state index in [1.54, 1.807) is 14.0 Å². The lowest BCUT2D eigenvalue weighted by Crippen LogP contribution is -2.45. The lowest BCUT2D eigenvalue weighted by atomic mass is 10.1. The number of hydrogen-bond acceptors (Lipinski definition) is 4. The Labute approximate surface area is 136 Å². The maximum atomic E-state index is 12.0. The molecule has 1 aromatic rings. The Kier molecular flexibility index (Phi) is 8.11. The first-order valence-corrected chi connectivity index (χ1v) is 7.75. The van der Waals surface area contributed by atoms with Gasteiger partial charge < -0.3 is 19.9 Å². The molecule has 0 fully saturated rings. The van der Waals surface area contributed by atoms with Gasteiger partial charge in [-0.1, -0.05) is 31.9 Å². The molecule has 0 heterocycles. The average molecular weight is 323 g/mol. The van der Waals surface area contributed by atoms with Gasteiger partial charge in [-0.05, 0) is 31.0 Å². The summed E-state index contributed by atoms with van der Waals surface area (Å²) in [7, 11) is 1.58. The van der Waals surface area contributed by atoms with Crippen LogP contribution in [0.3, 0.4) is 0 Å². The zero-order valence-corrected chi connectivity index (χ0v) is 13.9. The van der Waals surface area contributed by atoms with Crippen LogP contribution in [0.25, 0.3) is 0 Å². The Balaban J connectivity index is 2.50. The summed E-state index contributed by atoms with van der Waals surface area (Å²) in [6.45, 7) is 3.83. The van der Waals surface area contributed by atoms with Gasteiger partial charge in [-0.2, -0.15) is 0 Å². The van der Waals surface area contributed by atoms with E-state index in [-0.39, 0.29) is 6.61 Å². The molecular weight excluding hydrogens is 298 g/mol. The second kappa shape index (κ2) is 9.84. The highest BCUT2D eigenvalue weighted by atomic mass is 16.5. The number of hydrogen-bond donors (Lipinski definition) is 2. The first-order valence-electron chi connectivity index (χ1n) is 7.75. The van der Waals surface area contributed by atoms with Gasteiger partial charge in [0.1, 0.15) is 17.9 Å². The van der Waals surface area contributed by atoms with Crippen LogP contribution in [0.15, 0.2) is 24.3 Å². The first-order chi connectivity index (χ1) is 11.0. The van der Waals surface area contributed by atoms with E-state index in [2.05, 4.69) is 5.32 Å². The number of ether oxygens (including phenoxy) is 2. The molecule has 2 unspecified atom stereocenters. The molecule has 6 heteroatoms. The number of benzene rings is 1. The molecule has 0 spiro atoms. The first kappa shape index (κ1) is 19.0. The third-order valence-electron chi connectivity index (χ3n) is 3.46. The summed E-state index contributed by atoms with van der Waals surface area (Å²) in [6.07, 6.45) is 1.31. The van der Waals surface area contributed by atoms with Gasteiger partial charge in [0.05, 0.1) is 13.7 Å². The van der Waals surface area contributed by atoms with Gasteiger partial charge in [-0.25, -0.2) is 4.79 Å². The number of aliphatic carboxylic acids is 1. The topological polar surface area (TPSA) is 84.9 Å². The van der Waals surface area contributed by atoms with Crippen molar-refractivity contribution in [2.24, 2.45) is 0 Å². The summed E-state index contributed by atoms with van der Waals surface area (Å²) in [4.78, 5) is 23.2. The van der Waals surface area contributed by atoms with E-state index in [0.29, 0.717) is 12.2 Å². The van der Waals surface area contributed by atoms with Crippen LogP contribution in [0.4, 0.5) is 0 Å². The zero-order valence-electron chi connectivity index (χ0n) is 13.9. The summed E-state index contributed by atoms with van der Waals surface area (Å²) in [5.41, 5.74) is 0.879. The molecule has 0 saturated carbocycles. The summed E-state index contributed by atoms with van der Waals surface area (Å²) in [5, 5.41) is 11.6. The van der Waals surface area contributed by atoms with Crippen LogP contribution in [0.1, 0.15) is 38.7 Å². The van der Waals surface area contributed by atoms with Crippen LogP contribution in [0, 0.1) is 0 Å². The molecule has 2 atom stereocenters. The minimum Gasteiger partial charge on any atom is -0.497 e. The SMILES string of the molecule is CCCCC(NC(=O)C(C)OCc1cccc(OC)c1)C(=O)O. The Bertz CT molecular complexity index is 517. The highest BCUT2D eigenvalue weighted by Gasteiger charge is 2.22. The fraction of sp³-hybridized carbons (Fsp3) is 0.529. The van der Waals surface area contributed by atoms with E-state index in [1.807, 2.05) is 31.2 Å². The molecule has 23 heavy (non-hydrogen) atoms. The van der Waals surface area contributed by atoms with Crippen LogP contribution in [-0.4, -0.2) is 36.2 Å². The van der Waals surface area contributed by atoms with E-state index in [9.17, 15) is 9.59 Å². The quantitative estimate of drug-likeness (QED) is 0.690. The number of carbonyl (C=O) groups is 2. The van der Waals surface area contributed by atoms with Crippen LogP contribution < -0.4 is 10.1 Å². The average Bonchev–Trinajstić information content (AvgIpc) is 2.56. The molecule has 0 radical (unpaired) electrons. The van der Waals surface area contributed by atoms with E-state index in [0.717, 1.165) is 18.4 Å². The number of amides is 1. The maximum absolute atomic E-state index is 12.0. The number of nitrogens with one attached hydrogen (secondary N) is 1. The van der Waals surface area contributed by atoms with Crippen LogP contribution in [0.5, 0.6) is 5.75 Å². The van der Waals surface area contributed by atoms with Crippen molar-refractivity contribution < 1.29 is 24.2 Å². The monoisotopic (exact) mass is 323 g/mol. The van der Waals surface area contributed by atoms with Crippen LogP contribution >= 0.6 is 0 Å². The molecule has 2 N–H and O–H groups in total. The minimum absolute atomic E-state index is 0.248. The summed E-state index contributed by atoms with van der Waals surface area (Å²) in [6, 6.07) is 6.49. The van der Waals surface area contributed by atoms with Gasteiger partial charge in [0.25, 0.3) is 0 Å². The molecule has 0 saturated heterocycles. The van der Waals surface area contributed by atoms with E-state index < -0.39 is 24.0 Å². The van der Waals surface area contributed by atoms with Crippen LogP contribution in [0.2, 0.25) is 0 Å². The van der Waals surface area contributed by atoms with Gasteiger partial charge in [-0.15, -0.1) is 0 Å². The number of carbonyl (C=O) groups excluding carboxylic acids is 1. The van der Waals surface area contributed by atoms with Crippen LogP contribution in [-0.2, 0) is 20.9 Å². The standard InChI is InChI=1S/C17H25NO5/c1-4-5-9-15(17(20)21)18-16(19)12(2)23-11-13-7-6-8-14(10-13)22-3/h6-8,10,12,15H,4-5,9,11H2,1-3H3,(H,18,19)(H,20,21). The Morgan fingerprint density at radius 2 is 2.09 bits per heavy atom. The van der Waals surface area contributed by atoms with Crippen molar-refractivity contribution in [3.63, 3.8) is 0 Å². The van der Waals surface area contributed by atoms with Gasteiger partial charge in [0, 0.05) is 0 Å². The van der Waals surface area contributed by atoms with Gasteiger partial charge in [0.2, 0.25) is 5.91 Å². The number of carboxylic acid groups (broad SMARTS) is 1. The van der Waals surface area contributed by atoms with Crippen molar-refractivity contribution in [2.75, 3.05) is 7.11 Å². The third kappa shape index (κ3) is 6.69. The molecule has 0 bridgehead atoms. The number of rotatable bonds is 10. The minimum atomic E-state index is -1.02. The molecule has 6 nitrogen and oxygen atoms in total.